The molecule has 2 aromatic carbocycles. The Hall–Kier alpha value is -1.91. The molecule has 2 aromatic rings. The number of carbonyl (C=O) groups excluding carboxylic acids is 1. The Morgan fingerprint density at radius 3 is 2.72 bits per heavy atom. The molecule has 6 heteroatoms. The van der Waals surface area contributed by atoms with Gasteiger partial charge in [-0.1, -0.05) is 29.3 Å². The molecule has 4 nitrogen and oxygen atoms in total. The molecule has 1 atom stereocenters. The smallest absolute Gasteiger partial charge is 0.229 e. The van der Waals surface area contributed by atoms with E-state index >= 15 is 0 Å². The van der Waals surface area contributed by atoms with Crippen molar-refractivity contribution in [2.45, 2.75) is 32.8 Å². The van der Waals surface area contributed by atoms with Crippen LogP contribution in [0.3, 0.4) is 0 Å². The van der Waals surface area contributed by atoms with Crippen molar-refractivity contribution in [1.82, 2.24) is 0 Å². The summed E-state index contributed by atoms with van der Waals surface area (Å²) in [7, 11) is 0. The molecule has 1 aliphatic heterocycles. The Labute approximate surface area is 157 Å². The standard InChI is InChI=1S/C19H19Cl2NO3/c1-3-24-18-8-12-7-11(2)25-17(12)10-16(18)22-19(23)9-13-14(20)5-4-6-15(13)21/h4-6,8,10-11H,3,7,9H2,1-2H3,(H,22,23)/t11-/m0/s1. The normalized spacial score (nSPS) is 15.4. The summed E-state index contributed by atoms with van der Waals surface area (Å²) in [5.41, 5.74) is 2.28. The Morgan fingerprint density at radius 2 is 2.04 bits per heavy atom. The molecule has 0 aliphatic carbocycles. The lowest BCUT2D eigenvalue weighted by molar-refractivity contribution is -0.115. The zero-order valence-electron chi connectivity index (χ0n) is 14.1. The van der Waals surface area contributed by atoms with Gasteiger partial charge in [0.2, 0.25) is 5.91 Å². The van der Waals surface area contributed by atoms with E-state index in [0.29, 0.717) is 33.7 Å². The number of hydrogen-bond acceptors (Lipinski definition) is 3. The predicted octanol–water partition coefficient (Wildman–Crippen LogP) is 4.90. The number of fused-ring (bicyclic) bond motifs is 1. The van der Waals surface area contributed by atoms with Crippen molar-refractivity contribution in [1.29, 1.82) is 0 Å². The molecule has 1 N–H and O–H groups in total. The summed E-state index contributed by atoms with van der Waals surface area (Å²) in [5, 5.41) is 3.82. The molecule has 0 bridgehead atoms. The number of anilines is 1. The molecule has 0 radical (unpaired) electrons. The van der Waals surface area contributed by atoms with Crippen LogP contribution in [0.25, 0.3) is 0 Å². The fourth-order valence-corrected chi connectivity index (χ4v) is 3.40. The number of amides is 1. The average Bonchev–Trinajstić information content (AvgIpc) is 2.90. The van der Waals surface area contributed by atoms with Crippen molar-refractivity contribution in [3.8, 4) is 11.5 Å². The van der Waals surface area contributed by atoms with Crippen LogP contribution in [0.4, 0.5) is 5.69 Å². The van der Waals surface area contributed by atoms with Crippen LogP contribution in [0.15, 0.2) is 30.3 Å². The maximum atomic E-state index is 12.5. The van der Waals surface area contributed by atoms with Crippen molar-refractivity contribution in [2.75, 3.05) is 11.9 Å². The molecule has 0 unspecified atom stereocenters. The monoisotopic (exact) mass is 379 g/mol. The zero-order chi connectivity index (χ0) is 18.0. The lowest BCUT2D eigenvalue weighted by Crippen LogP contribution is -2.16. The predicted molar refractivity (Wildman–Crippen MR) is 100 cm³/mol. The third kappa shape index (κ3) is 4.02. The van der Waals surface area contributed by atoms with Crippen LogP contribution >= 0.6 is 23.2 Å². The third-order valence-electron chi connectivity index (χ3n) is 3.97. The van der Waals surface area contributed by atoms with Gasteiger partial charge in [0.05, 0.1) is 18.7 Å². The van der Waals surface area contributed by atoms with Gasteiger partial charge in [0.1, 0.15) is 17.6 Å². The summed E-state index contributed by atoms with van der Waals surface area (Å²) >= 11 is 12.3. The molecule has 0 spiro atoms. The summed E-state index contributed by atoms with van der Waals surface area (Å²) in [6.45, 7) is 4.42. The minimum atomic E-state index is -0.220. The molecule has 25 heavy (non-hydrogen) atoms. The molecule has 3 rings (SSSR count). The van der Waals surface area contributed by atoms with Gasteiger partial charge in [-0.15, -0.1) is 0 Å². The summed E-state index contributed by atoms with van der Waals surface area (Å²) in [5.74, 6) is 1.20. The maximum Gasteiger partial charge on any atom is 0.229 e. The largest absolute Gasteiger partial charge is 0.492 e. The first kappa shape index (κ1) is 17.9. The first-order valence-electron chi connectivity index (χ1n) is 8.17. The van der Waals surface area contributed by atoms with Crippen LogP contribution in [0.1, 0.15) is 25.0 Å². The number of hydrogen-bond donors (Lipinski definition) is 1. The van der Waals surface area contributed by atoms with Crippen LogP contribution in [0.2, 0.25) is 10.0 Å². The fraction of sp³-hybridized carbons (Fsp3) is 0.316. The van der Waals surface area contributed by atoms with Crippen molar-refractivity contribution >= 4 is 34.8 Å². The lowest BCUT2D eigenvalue weighted by Gasteiger charge is -2.14. The second-order valence-corrected chi connectivity index (χ2v) is 6.76. The van der Waals surface area contributed by atoms with Gasteiger partial charge in [-0.25, -0.2) is 0 Å². The second kappa shape index (κ2) is 7.54. The highest BCUT2D eigenvalue weighted by Gasteiger charge is 2.23. The van der Waals surface area contributed by atoms with E-state index in [9.17, 15) is 4.79 Å². The van der Waals surface area contributed by atoms with Crippen LogP contribution in [-0.2, 0) is 17.6 Å². The van der Waals surface area contributed by atoms with E-state index in [1.807, 2.05) is 26.0 Å². The van der Waals surface area contributed by atoms with Crippen LogP contribution in [0, 0.1) is 0 Å². The van der Waals surface area contributed by atoms with E-state index in [1.165, 1.54) is 0 Å². The van der Waals surface area contributed by atoms with E-state index in [0.717, 1.165) is 17.7 Å². The van der Waals surface area contributed by atoms with Gasteiger partial charge in [-0.2, -0.15) is 0 Å². The van der Waals surface area contributed by atoms with Gasteiger partial charge >= 0.3 is 0 Å². The maximum absolute atomic E-state index is 12.5. The summed E-state index contributed by atoms with van der Waals surface area (Å²) in [6.07, 6.45) is 1.04. The molecule has 0 saturated carbocycles. The zero-order valence-corrected chi connectivity index (χ0v) is 15.6. The summed E-state index contributed by atoms with van der Waals surface area (Å²) < 4.78 is 11.4. The average molecular weight is 380 g/mol. The van der Waals surface area contributed by atoms with Crippen molar-refractivity contribution < 1.29 is 14.3 Å². The second-order valence-electron chi connectivity index (χ2n) is 5.95. The highest BCUT2D eigenvalue weighted by molar-refractivity contribution is 6.36. The molecule has 1 amide bonds. The van der Waals surface area contributed by atoms with Gasteiger partial charge < -0.3 is 14.8 Å². The molecular formula is C19H19Cl2NO3. The molecule has 0 aromatic heterocycles. The highest BCUT2D eigenvalue weighted by Crippen LogP contribution is 2.38. The van der Waals surface area contributed by atoms with Gasteiger partial charge in [-0.3, -0.25) is 4.79 Å². The molecule has 1 aliphatic rings. The number of ether oxygens (including phenoxy) is 2. The Morgan fingerprint density at radius 1 is 1.32 bits per heavy atom. The van der Waals surface area contributed by atoms with Crippen molar-refractivity contribution in [3.63, 3.8) is 0 Å². The molecule has 132 valence electrons. The number of rotatable bonds is 5. The van der Waals surface area contributed by atoms with Crippen molar-refractivity contribution in [2.24, 2.45) is 0 Å². The van der Waals surface area contributed by atoms with Gasteiger partial charge in [0.15, 0.2) is 0 Å². The van der Waals surface area contributed by atoms with E-state index in [1.54, 1.807) is 18.2 Å². The fourth-order valence-electron chi connectivity index (χ4n) is 2.87. The Bertz CT molecular complexity index is 787. The van der Waals surface area contributed by atoms with Crippen LogP contribution in [-0.4, -0.2) is 18.6 Å². The third-order valence-corrected chi connectivity index (χ3v) is 4.68. The highest BCUT2D eigenvalue weighted by atomic mass is 35.5. The van der Waals surface area contributed by atoms with E-state index in [4.69, 9.17) is 32.7 Å². The molecule has 1 heterocycles. The van der Waals surface area contributed by atoms with Crippen LogP contribution < -0.4 is 14.8 Å². The lowest BCUT2D eigenvalue weighted by atomic mass is 10.1. The number of carbonyl (C=O) groups is 1. The van der Waals surface area contributed by atoms with Gasteiger partial charge in [0, 0.05) is 28.1 Å². The van der Waals surface area contributed by atoms with Gasteiger partial charge in [0.25, 0.3) is 0 Å². The molecule has 0 saturated heterocycles. The van der Waals surface area contributed by atoms with E-state index in [2.05, 4.69) is 5.32 Å². The first-order valence-corrected chi connectivity index (χ1v) is 8.92. The number of nitrogens with one attached hydrogen (secondary N) is 1. The quantitative estimate of drug-likeness (QED) is 0.803. The summed E-state index contributed by atoms with van der Waals surface area (Å²) in [4.78, 5) is 12.5. The molecule has 0 fully saturated rings. The van der Waals surface area contributed by atoms with Gasteiger partial charge in [-0.05, 0) is 37.6 Å². The van der Waals surface area contributed by atoms with Crippen molar-refractivity contribution in [3.05, 3.63) is 51.5 Å². The minimum Gasteiger partial charge on any atom is -0.492 e. The SMILES string of the molecule is CCOc1cc2c(cc1NC(=O)Cc1c(Cl)cccc1Cl)O[C@@H](C)C2. The number of halogens is 2. The summed E-state index contributed by atoms with van der Waals surface area (Å²) in [6, 6.07) is 8.92. The Balaban J connectivity index is 1.82. The molecular weight excluding hydrogens is 361 g/mol. The van der Waals surface area contributed by atoms with E-state index in [-0.39, 0.29) is 18.4 Å². The van der Waals surface area contributed by atoms with Crippen LogP contribution in [0.5, 0.6) is 11.5 Å². The van der Waals surface area contributed by atoms with E-state index < -0.39 is 0 Å². The first-order chi connectivity index (χ1) is 12.0. The Kier molecular flexibility index (Phi) is 5.40. The minimum absolute atomic E-state index is 0.0818. The number of benzene rings is 2. The topological polar surface area (TPSA) is 47.6 Å².